The number of nitrogens with zero attached hydrogens (tertiary/aromatic N) is 1. The number of carbonyl (C=O) groups is 1. The molecule has 0 spiro atoms. The van der Waals surface area contributed by atoms with Crippen molar-refractivity contribution in [1.82, 2.24) is 4.98 Å². The second-order valence-electron chi connectivity index (χ2n) is 3.02. The summed E-state index contributed by atoms with van der Waals surface area (Å²) in [6.07, 6.45) is 2.27. The predicted octanol–water partition coefficient (Wildman–Crippen LogP) is 2.42. The molecule has 0 aliphatic carbocycles. The van der Waals surface area contributed by atoms with Crippen LogP contribution in [0.4, 0.5) is 0 Å². The molecule has 1 atom stereocenters. The monoisotopic (exact) mass is 229 g/mol. The van der Waals surface area contributed by atoms with Gasteiger partial charge >= 0.3 is 5.97 Å². The molecule has 0 N–H and O–H groups in total. The molecular formula is C10H15NO3S. The first-order valence-electron chi connectivity index (χ1n) is 4.92. The fraction of sp³-hybridized carbons (Fsp3) is 0.600. The van der Waals surface area contributed by atoms with Crippen LogP contribution in [0, 0.1) is 6.92 Å². The lowest BCUT2D eigenvalue weighted by Crippen LogP contribution is -2.19. The first-order valence-corrected chi connectivity index (χ1v) is 5.80. The standard InChI is InChI=1S/C10H15NO3S/c1-4-8(9(12)13-5-2)15-10-11-7(3)6-14-10/h6,8H,4-5H2,1-3H3/t8-/m1/s1. The van der Waals surface area contributed by atoms with Crippen molar-refractivity contribution in [3.05, 3.63) is 12.0 Å². The molecule has 0 aliphatic heterocycles. The van der Waals surface area contributed by atoms with Crippen LogP contribution in [0.15, 0.2) is 15.9 Å². The van der Waals surface area contributed by atoms with Crippen molar-refractivity contribution in [2.75, 3.05) is 6.61 Å². The lowest BCUT2D eigenvalue weighted by molar-refractivity contribution is -0.142. The zero-order chi connectivity index (χ0) is 11.3. The van der Waals surface area contributed by atoms with Crippen molar-refractivity contribution in [3.63, 3.8) is 0 Å². The van der Waals surface area contributed by atoms with Crippen molar-refractivity contribution < 1.29 is 13.9 Å². The average Bonchev–Trinajstić information content (AvgIpc) is 2.61. The van der Waals surface area contributed by atoms with Crippen LogP contribution in [0.25, 0.3) is 0 Å². The third-order valence-corrected chi connectivity index (χ3v) is 2.96. The summed E-state index contributed by atoms with van der Waals surface area (Å²) in [6, 6.07) is 0. The zero-order valence-electron chi connectivity index (χ0n) is 9.15. The fourth-order valence-corrected chi connectivity index (χ4v) is 1.92. The van der Waals surface area contributed by atoms with Gasteiger partial charge in [-0.05, 0) is 20.3 Å². The Morgan fingerprint density at radius 2 is 2.40 bits per heavy atom. The number of aryl methyl sites for hydroxylation is 1. The number of rotatable bonds is 5. The Balaban J connectivity index is 2.57. The Kier molecular flexibility index (Phi) is 4.68. The maximum atomic E-state index is 11.5. The SMILES string of the molecule is CCOC(=O)[C@@H](CC)Sc1nc(C)co1. The molecule has 1 heterocycles. The summed E-state index contributed by atoms with van der Waals surface area (Å²) in [5, 5.41) is 0.287. The Labute approximate surface area is 93.4 Å². The predicted molar refractivity (Wildman–Crippen MR) is 57.8 cm³/mol. The van der Waals surface area contributed by atoms with Crippen molar-refractivity contribution >= 4 is 17.7 Å². The molecule has 0 bridgehead atoms. The number of hydrogen-bond donors (Lipinski definition) is 0. The molecule has 0 saturated carbocycles. The van der Waals surface area contributed by atoms with Gasteiger partial charge in [-0.2, -0.15) is 0 Å². The third kappa shape index (κ3) is 3.58. The van der Waals surface area contributed by atoms with E-state index in [1.807, 2.05) is 13.8 Å². The number of ether oxygens (including phenoxy) is 1. The third-order valence-electron chi connectivity index (χ3n) is 1.76. The molecule has 0 aliphatic rings. The molecule has 1 aromatic heterocycles. The van der Waals surface area contributed by atoms with Gasteiger partial charge < -0.3 is 9.15 Å². The van der Waals surface area contributed by atoms with Crippen LogP contribution in [-0.2, 0) is 9.53 Å². The molecule has 0 radical (unpaired) electrons. The molecule has 0 fully saturated rings. The van der Waals surface area contributed by atoms with E-state index in [2.05, 4.69) is 4.98 Å². The van der Waals surface area contributed by atoms with E-state index >= 15 is 0 Å². The largest absolute Gasteiger partial charge is 0.465 e. The maximum absolute atomic E-state index is 11.5. The minimum atomic E-state index is -0.233. The topological polar surface area (TPSA) is 52.3 Å². The summed E-state index contributed by atoms with van der Waals surface area (Å²) in [7, 11) is 0. The highest BCUT2D eigenvalue weighted by Crippen LogP contribution is 2.25. The molecule has 0 unspecified atom stereocenters. The Morgan fingerprint density at radius 1 is 1.67 bits per heavy atom. The van der Waals surface area contributed by atoms with Gasteiger partial charge in [0.1, 0.15) is 11.5 Å². The van der Waals surface area contributed by atoms with Gasteiger partial charge in [0.25, 0.3) is 5.22 Å². The second kappa shape index (κ2) is 5.80. The Morgan fingerprint density at radius 3 is 2.87 bits per heavy atom. The van der Waals surface area contributed by atoms with Crippen LogP contribution >= 0.6 is 11.8 Å². The molecule has 0 amide bonds. The van der Waals surface area contributed by atoms with Crippen molar-refractivity contribution in [2.24, 2.45) is 0 Å². The van der Waals surface area contributed by atoms with Gasteiger partial charge in [0, 0.05) is 0 Å². The molecular weight excluding hydrogens is 214 g/mol. The van der Waals surface area contributed by atoms with Gasteiger partial charge in [0.05, 0.1) is 12.3 Å². The molecule has 0 aromatic carbocycles. The summed E-state index contributed by atoms with van der Waals surface area (Å²) < 4.78 is 10.1. The number of oxazole rings is 1. The zero-order valence-corrected chi connectivity index (χ0v) is 9.97. The highest BCUT2D eigenvalue weighted by molar-refractivity contribution is 8.00. The van der Waals surface area contributed by atoms with Crippen molar-refractivity contribution in [3.8, 4) is 0 Å². The minimum absolute atomic E-state index is 0.208. The van der Waals surface area contributed by atoms with E-state index in [1.165, 1.54) is 11.8 Å². The van der Waals surface area contributed by atoms with Gasteiger partial charge in [-0.25, -0.2) is 4.98 Å². The van der Waals surface area contributed by atoms with Crippen LogP contribution < -0.4 is 0 Å². The average molecular weight is 229 g/mol. The molecule has 1 aromatic rings. The van der Waals surface area contributed by atoms with Crippen LogP contribution in [-0.4, -0.2) is 22.8 Å². The second-order valence-corrected chi connectivity index (χ2v) is 4.18. The van der Waals surface area contributed by atoms with Crippen LogP contribution in [0.1, 0.15) is 26.0 Å². The summed E-state index contributed by atoms with van der Waals surface area (Å²) in [4.78, 5) is 15.6. The number of aromatic nitrogens is 1. The van der Waals surface area contributed by atoms with E-state index < -0.39 is 0 Å². The number of hydrogen-bond acceptors (Lipinski definition) is 5. The van der Waals surface area contributed by atoms with E-state index in [0.29, 0.717) is 18.3 Å². The van der Waals surface area contributed by atoms with E-state index in [9.17, 15) is 4.79 Å². The van der Waals surface area contributed by atoms with Crippen molar-refractivity contribution in [2.45, 2.75) is 37.7 Å². The quantitative estimate of drug-likeness (QED) is 0.573. The summed E-state index contributed by atoms with van der Waals surface area (Å²) in [5.74, 6) is -0.208. The lowest BCUT2D eigenvalue weighted by Gasteiger charge is -2.10. The molecule has 15 heavy (non-hydrogen) atoms. The molecule has 84 valence electrons. The van der Waals surface area contributed by atoms with Crippen LogP contribution in [0.3, 0.4) is 0 Å². The van der Waals surface area contributed by atoms with Gasteiger partial charge in [0.2, 0.25) is 0 Å². The highest BCUT2D eigenvalue weighted by atomic mass is 32.2. The molecule has 0 saturated heterocycles. The van der Waals surface area contributed by atoms with Gasteiger partial charge in [0.15, 0.2) is 0 Å². The Hall–Kier alpha value is -0.970. The van der Waals surface area contributed by atoms with E-state index in [4.69, 9.17) is 9.15 Å². The van der Waals surface area contributed by atoms with E-state index in [-0.39, 0.29) is 11.2 Å². The molecule has 1 rings (SSSR count). The summed E-state index contributed by atoms with van der Waals surface area (Å²) in [5.41, 5.74) is 0.816. The molecule has 5 heteroatoms. The number of carbonyl (C=O) groups excluding carboxylic acids is 1. The van der Waals surface area contributed by atoms with E-state index in [0.717, 1.165) is 5.69 Å². The highest BCUT2D eigenvalue weighted by Gasteiger charge is 2.21. The van der Waals surface area contributed by atoms with Crippen LogP contribution in [0.5, 0.6) is 0 Å². The van der Waals surface area contributed by atoms with E-state index in [1.54, 1.807) is 13.2 Å². The smallest absolute Gasteiger partial charge is 0.319 e. The van der Waals surface area contributed by atoms with Gasteiger partial charge in [-0.3, -0.25) is 4.79 Å². The van der Waals surface area contributed by atoms with Crippen molar-refractivity contribution in [1.29, 1.82) is 0 Å². The molecule has 4 nitrogen and oxygen atoms in total. The first kappa shape index (κ1) is 12.1. The maximum Gasteiger partial charge on any atom is 0.319 e. The fourth-order valence-electron chi connectivity index (χ4n) is 1.04. The number of esters is 1. The minimum Gasteiger partial charge on any atom is -0.465 e. The Bertz CT molecular complexity index is 324. The normalized spacial score (nSPS) is 12.5. The number of thioether (sulfide) groups is 1. The summed E-state index contributed by atoms with van der Waals surface area (Å²) in [6.45, 7) is 5.98. The lowest BCUT2D eigenvalue weighted by atomic mass is 10.3. The van der Waals surface area contributed by atoms with Gasteiger partial charge in [-0.15, -0.1) is 0 Å². The van der Waals surface area contributed by atoms with Crippen LogP contribution in [0.2, 0.25) is 0 Å². The first-order chi connectivity index (χ1) is 7.17. The summed E-state index contributed by atoms with van der Waals surface area (Å²) >= 11 is 1.31. The van der Waals surface area contributed by atoms with Gasteiger partial charge in [-0.1, -0.05) is 18.7 Å².